The number of aromatic hydroxyl groups is 1. The van der Waals surface area contributed by atoms with Crippen LogP contribution in [0.15, 0.2) is 38.9 Å². The second-order valence-corrected chi connectivity index (χ2v) is 13.3. The summed E-state index contributed by atoms with van der Waals surface area (Å²) in [6.07, 6.45) is 1.65. The molecule has 1 saturated heterocycles. The van der Waals surface area contributed by atoms with Crippen molar-refractivity contribution in [3.63, 3.8) is 0 Å². The van der Waals surface area contributed by atoms with Crippen LogP contribution >= 0.6 is 23.1 Å². The molecule has 2 aliphatic heterocycles. The molecule has 0 saturated carbocycles. The van der Waals surface area contributed by atoms with Crippen molar-refractivity contribution in [1.29, 1.82) is 0 Å². The number of thioether (sulfide) groups is 1. The second-order valence-electron chi connectivity index (χ2n) is 11.3. The van der Waals surface area contributed by atoms with Crippen LogP contribution in [-0.4, -0.2) is 109 Å². The van der Waals surface area contributed by atoms with E-state index in [1.165, 1.54) is 43.3 Å². The summed E-state index contributed by atoms with van der Waals surface area (Å²) in [6, 6.07) is 0.180. The highest BCUT2D eigenvalue weighted by Crippen LogP contribution is 2.40. The van der Waals surface area contributed by atoms with Gasteiger partial charge in [0, 0.05) is 41.1 Å². The lowest BCUT2D eigenvalue weighted by atomic mass is 10.0. The van der Waals surface area contributed by atoms with Crippen molar-refractivity contribution in [1.82, 2.24) is 20.2 Å². The first-order chi connectivity index (χ1) is 20.5. The minimum Gasteiger partial charge on any atom is -0.543 e. The van der Waals surface area contributed by atoms with Crippen LogP contribution in [0.5, 0.6) is 5.75 Å². The SMILES string of the molecule is CC(C)(O/N=C(\C(=O)N[C@@H]1C(=O)N2C(C(=O)[O-])=C(C[N+](C)(C)CCc3cc(=O)c(O)c[nH]3)CS[C@H]12)c1csc(N)n1)C(=O)O. The highest BCUT2D eigenvalue weighted by atomic mass is 32.2. The fourth-order valence-corrected chi connectivity index (χ4v) is 6.35. The highest BCUT2D eigenvalue weighted by Gasteiger charge is 2.53. The lowest BCUT2D eigenvalue weighted by Gasteiger charge is -2.51. The van der Waals surface area contributed by atoms with Gasteiger partial charge in [-0.05, 0) is 13.8 Å². The summed E-state index contributed by atoms with van der Waals surface area (Å²) < 4.78 is 0.311. The van der Waals surface area contributed by atoms with Crippen molar-refractivity contribution in [3.8, 4) is 5.75 Å². The molecule has 236 valence electrons. The monoisotopic (exact) mass is 649 g/mol. The number of hydrogen-bond donors (Lipinski definition) is 5. The summed E-state index contributed by atoms with van der Waals surface area (Å²) in [5.74, 6) is -4.59. The number of β-lactam (4-membered cyclic amide) rings is 1. The minimum atomic E-state index is -1.78. The Bertz CT molecular complexity index is 1630. The largest absolute Gasteiger partial charge is 0.543 e. The highest BCUT2D eigenvalue weighted by molar-refractivity contribution is 8.00. The van der Waals surface area contributed by atoms with Gasteiger partial charge in [-0.2, -0.15) is 0 Å². The van der Waals surface area contributed by atoms with E-state index in [-0.39, 0.29) is 34.6 Å². The van der Waals surface area contributed by atoms with E-state index in [0.29, 0.717) is 28.7 Å². The number of aromatic amines is 1. The number of nitrogens with two attached hydrogens (primary N) is 1. The number of H-pyrrole nitrogens is 1. The zero-order valence-electron chi connectivity index (χ0n) is 24.2. The number of aliphatic carboxylic acids is 2. The Morgan fingerprint density at radius 2 is 2.05 bits per heavy atom. The molecule has 2 aromatic rings. The van der Waals surface area contributed by atoms with Crippen LogP contribution in [0, 0.1) is 0 Å². The number of likely N-dealkylation sites (N-methyl/N-ethyl adjacent to an activating group) is 1. The average Bonchev–Trinajstić information content (AvgIpc) is 3.37. The number of pyridine rings is 1. The van der Waals surface area contributed by atoms with Gasteiger partial charge in [0.2, 0.25) is 11.0 Å². The van der Waals surface area contributed by atoms with E-state index in [4.69, 9.17) is 10.6 Å². The number of quaternary nitrogens is 1. The first-order valence-electron chi connectivity index (χ1n) is 13.1. The van der Waals surface area contributed by atoms with Crippen molar-refractivity contribution >= 4 is 57.7 Å². The van der Waals surface area contributed by atoms with Gasteiger partial charge in [-0.3, -0.25) is 19.3 Å². The molecule has 18 heteroatoms. The molecule has 0 unspecified atom stereocenters. The van der Waals surface area contributed by atoms with Gasteiger partial charge in [0.25, 0.3) is 11.8 Å². The summed E-state index contributed by atoms with van der Waals surface area (Å²) in [5, 5.41) is 38.1. The number of carboxylic acids is 2. The number of hydrogen-bond acceptors (Lipinski definition) is 13. The van der Waals surface area contributed by atoms with Crippen molar-refractivity contribution < 1.29 is 43.8 Å². The molecule has 2 aliphatic rings. The first-order valence-corrected chi connectivity index (χ1v) is 15.1. The number of nitrogen functional groups attached to an aromatic ring is 1. The van der Waals surface area contributed by atoms with Gasteiger partial charge >= 0.3 is 5.97 Å². The second kappa shape index (κ2) is 12.3. The lowest BCUT2D eigenvalue weighted by molar-refractivity contribution is -0.885. The van der Waals surface area contributed by atoms with Crippen LogP contribution in [-0.2, 0) is 30.4 Å². The normalized spacial score (nSPS) is 18.9. The summed E-state index contributed by atoms with van der Waals surface area (Å²) >= 11 is 2.27. The molecule has 0 radical (unpaired) electrons. The van der Waals surface area contributed by atoms with Crippen LogP contribution < -0.4 is 21.6 Å². The van der Waals surface area contributed by atoms with E-state index in [0.717, 1.165) is 16.2 Å². The Morgan fingerprint density at radius 3 is 2.64 bits per heavy atom. The maximum Gasteiger partial charge on any atom is 0.350 e. The van der Waals surface area contributed by atoms with E-state index in [2.05, 4.69) is 20.4 Å². The first kappa shape index (κ1) is 32.5. The smallest absolute Gasteiger partial charge is 0.350 e. The fraction of sp³-hybridized carbons (Fsp3) is 0.423. The molecule has 0 aliphatic carbocycles. The molecule has 4 rings (SSSR count). The number of fused-ring (bicyclic) bond motifs is 1. The molecule has 1 fully saturated rings. The molecule has 0 bridgehead atoms. The molecule has 2 amide bonds. The van der Waals surface area contributed by atoms with Crippen LogP contribution in [0.3, 0.4) is 0 Å². The number of rotatable bonds is 12. The number of anilines is 1. The zero-order chi connectivity index (χ0) is 32.6. The van der Waals surface area contributed by atoms with E-state index >= 15 is 0 Å². The summed E-state index contributed by atoms with van der Waals surface area (Å²) in [7, 11) is 3.74. The zero-order valence-corrected chi connectivity index (χ0v) is 25.8. The quantitative estimate of drug-likeness (QED) is 0.0758. The maximum atomic E-state index is 13.3. The number of amides is 2. The van der Waals surface area contributed by atoms with Gasteiger partial charge in [0.15, 0.2) is 16.6 Å². The van der Waals surface area contributed by atoms with E-state index in [9.17, 15) is 39.3 Å². The third-order valence-electron chi connectivity index (χ3n) is 6.94. The number of aromatic nitrogens is 2. The van der Waals surface area contributed by atoms with E-state index in [1.54, 1.807) is 0 Å². The number of oxime groups is 1. The third-order valence-corrected chi connectivity index (χ3v) is 8.96. The Kier molecular flexibility index (Phi) is 9.08. The van der Waals surface area contributed by atoms with Crippen molar-refractivity contribution in [2.24, 2.45) is 5.16 Å². The van der Waals surface area contributed by atoms with Crippen LogP contribution in [0.1, 0.15) is 25.2 Å². The standard InChI is InChI=1S/C26H31N7O9S2/c1-26(2,24(40)41)42-31-17(14-11-44-25(27)29-14)20(36)30-18-21(37)32-19(23(38)39)12(10-43-22(18)32)9-33(3,4)6-5-13-7-15(34)16(35)8-28-13/h7-8,11,18,22H,5-6,9-10H2,1-4H3,(H6-,27,28,29,30,31,34,35,36,38,39,40,41)/t18-,22-/m1/s1. The molecule has 0 spiro atoms. The van der Waals surface area contributed by atoms with Gasteiger partial charge in [-0.25, -0.2) is 9.78 Å². The molecule has 44 heavy (non-hydrogen) atoms. The number of carbonyl (C=O) groups is 4. The van der Waals surface area contributed by atoms with E-state index in [1.807, 2.05) is 14.1 Å². The van der Waals surface area contributed by atoms with Gasteiger partial charge in [-0.1, -0.05) is 5.16 Å². The predicted molar refractivity (Wildman–Crippen MR) is 157 cm³/mol. The molecule has 2 aromatic heterocycles. The molecule has 4 heterocycles. The molecular weight excluding hydrogens is 618 g/mol. The van der Waals surface area contributed by atoms with Crippen molar-refractivity contribution in [3.05, 3.63) is 50.5 Å². The Balaban J connectivity index is 1.50. The van der Waals surface area contributed by atoms with E-state index < -0.39 is 51.9 Å². The molecule has 16 nitrogen and oxygen atoms in total. The van der Waals surface area contributed by atoms with Crippen molar-refractivity contribution in [2.45, 2.75) is 37.3 Å². The van der Waals surface area contributed by atoms with Gasteiger partial charge < -0.3 is 45.5 Å². The Hall–Kier alpha value is -4.42. The van der Waals surface area contributed by atoms with Gasteiger partial charge in [-0.15, -0.1) is 23.1 Å². The average molecular weight is 650 g/mol. The number of nitrogens with zero attached hydrogens (tertiary/aromatic N) is 4. The molecule has 0 aromatic carbocycles. The topological polar surface area (TPSA) is 240 Å². The van der Waals surface area contributed by atoms with Gasteiger partial charge in [0.1, 0.15) is 23.7 Å². The predicted octanol–water partition coefficient (Wildman–Crippen LogP) is -1.57. The maximum absolute atomic E-state index is 13.3. The molecule has 6 N–H and O–H groups in total. The van der Waals surface area contributed by atoms with Crippen molar-refractivity contribution in [2.75, 3.05) is 38.7 Å². The number of carboxylic acid groups (broad SMARTS) is 2. The Morgan fingerprint density at radius 1 is 1.34 bits per heavy atom. The summed E-state index contributed by atoms with van der Waals surface area (Å²) in [5.41, 5.74) is 3.79. The molecule has 2 atom stereocenters. The van der Waals surface area contributed by atoms with Crippen LogP contribution in [0.25, 0.3) is 0 Å². The molecular formula is C26H31N7O9S2. The lowest BCUT2D eigenvalue weighted by Crippen LogP contribution is -2.71. The fourth-order valence-electron chi connectivity index (χ4n) is 4.47. The van der Waals surface area contributed by atoms with Gasteiger partial charge in [0.05, 0.1) is 32.3 Å². The third kappa shape index (κ3) is 6.87. The summed E-state index contributed by atoms with van der Waals surface area (Å²) in [4.78, 5) is 75.0. The Labute approximate surface area is 258 Å². The minimum absolute atomic E-state index is 0.0000936. The van der Waals surface area contributed by atoms with Crippen LogP contribution in [0.4, 0.5) is 5.13 Å². The number of carbonyl (C=O) groups excluding carboxylic acids is 3. The summed E-state index contributed by atoms with van der Waals surface area (Å²) in [6.45, 7) is 3.21. The number of nitrogens with one attached hydrogen (secondary N) is 2. The number of thiazole rings is 1. The van der Waals surface area contributed by atoms with Crippen LogP contribution in [0.2, 0.25) is 0 Å².